The van der Waals surface area contributed by atoms with Crippen LogP contribution in [0.4, 0.5) is 4.39 Å². The molecular weight excluding hydrogens is 287 g/mol. The molecule has 0 fully saturated rings. The molecule has 0 heterocycles. The molecule has 2 aromatic carbocycles. The van der Waals surface area contributed by atoms with Crippen molar-refractivity contribution in [3.05, 3.63) is 71.6 Å². The Hall–Kier alpha value is -2.42. The number of hydrogen-bond acceptors (Lipinski definition) is 1. The van der Waals surface area contributed by atoms with Gasteiger partial charge in [-0.25, -0.2) is 4.39 Å². The van der Waals surface area contributed by atoms with E-state index < -0.39 is 5.54 Å². The van der Waals surface area contributed by atoms with Gasteiger partial charge in [-0.05, 0) is 56.5 Å². The van der Waals surface area contributed by atoms with Gasteiger partial charge >= 0.3 is 0 Å². The van der Waals surface area contributed by atoms with E-state index in [1.54, 1.807) is 13.0 Å². The number of aryl methyl sites for hydroxylation is 1. The zero-order valence-corrected chi connectivity index (χ0v) is 14.2. The smallest absolute Gasteiger partial charge is 0.131 e. The summed E-state index contributed by atoms with van der Waals surface area (Å²) in [6, 6.07) is 12.9. The Morgan fingerprint density at radius 2 is 1.87 bits per heavy atom. The number of nitrogens with two attached hydrogens (primary N) is 1. The summed E-state index contributed by atoms with van der Waals surface area (Å²) in [6.07, 6.45) is 0. The highest BCUT2D eigenvalue weighted by molar-refractivity contribution is 5.78. The SMILES string of the molecule is C=C(C)C(C)(N=C(C)N)c1ccc(F)c(-c2cccc(C)c2)c1. The third-order valence-corrected chi connectivity index (χ3v) is 4.09. The molecule has 0 aliphatic carbocycles. The van der Waals surface area contributed by atoms with Crippen LogP contribution in [0.1, 0.15) is 31.9 Å². The van der Waals surface area contributed by atoms with Crippen molar-refractivity contribution in [1.29, 1.82) is 0 Å². The van der Waals surface area contributed by atoms with E-state index in [1.807, 2.05) is 51.1 Å². The number of aliphatic imine (C=N–C) groups is 1. The minimum absolute atomic E-state index is 0.253. The van der Waals surface area contributed by atoms with Gasteiger partial charge in [0.05, 0.1) is 5.84 Å². The fourth-order valence-electron chi connectivity index (χ4n) is 2.62. The summed E-state index contributed by atoms with van der Waals surface area (Å²) in [5.41, 5.74) is 9.33. The molecule has 1 unspecified atom stereocenters. The van der Waals surface area contributed by atoms with Crippen molar-refractivity contribution in [3.8, 4) is 11.1 Å². The fraction of sp³-hybridized carbons (Fsp3) is 0.250. The highest BCUT2D eigenvalue weighted by Crippen LogP contribution is 2.35. The number of nitrogens with zero attached hydrogens (tertiary/aromatic N) is 1. The van der Waals surface area contributed by atoms with Crippen LogP contribution in [0.15, 0.2) is 59.6 Å². The van der Waals surface area contributed by atoms with Crippen molar-refractivity contribution in [1.82, 2.24) is 0 Å². The average Bonchev–Trinajstić information content (AvgIpc) is 2.46. The van der Waals surface area contributed by atoms with Gasteiger partial charge in [-0.15, -0.1) is 0 Å². The zero-order chi connectivity index (χ0) is 17.2. The highest BCUT2D eigenvalue weighted by Gasteiger charge is 2.28. The van der Waals surface area contributed by atoms with E-state index in [4.69, 9.17) is 5.73 Å². The van der Waals surface area contributed by atoms with Gasteiger partial charge in [0.15, 0.2) is 0 Å². The molecule has 1 atom stereocenters. The summed E-state index contributed by atoms with van der Waals surface area (Å²) < 4.78 is 14.4. The second-order valence-electron chi connectivity index (χ2n) is 6.17. The van der Waals surface area contributed by atoms with E-state index >= 15 is 0 Å². The van der Waals surface area contributed by atoms with Crippen LogP contribution in [0.25, 0.3) is 11.1 Å². The summed E-state index contributed by atoms with van der Waals surface area (Å²) in [7, 11) is 0. The lowest BCUT2D eigenvalue weighted by molar-refractivity contribution is 0.585. The monoisotopic (exact) mass is 310 g/mol. The molecule has 3 heteroatoms. The maximum atomic E-state index is 14.4. The van der Waals surface area contributed by atoms with Crippen molar-refractivity contribution in [2.75, 3.05) is 0 Å². The van der Waals surface area contributed by atoms with Crippen molar-refractivity contribution < 1.29 is 4.39 Å². The highest BCUT2D eigenvalue weighted by atomic mass is 19.1. The summed E-state index contributed by atoms with van der Waals surface area (Å²) in [5, 5.41) is 0. The van der Waals surface area contributed by atoms with Crippen molar-refractivity contribution in [3.63, 3.8) is 0 Å². The number of rotatable bonds is 4. The molecule has 2 nitrogen and oxygen atoms in total. The lowest BCUT2D eigenvalue weighted by Crippen LogP contribution is -2.24. The van der Waals surface area contributed by atoms with E-state index in [-0.39, 0.29) is 5.82 Å². The Bertz CT molecular complexity index is 773. The molecule has 2 N–H and O–H groups in total. The first-order chi connectivity index (χ1) is 10.7. The lowest BCUT2D eigenvalue weighted by Gasteiger charge is -2.27. The van der Waals surface area contributed by atoms with Gasteiger partial charge in [-0.3, -0.25) is 4.99 Å². The van der Waals surface area contributed by atoms with E-state index in [2.05, 4.69) is 11.6 Å². The van der Waals surface area contributed by atoms with Gasteiger partial charge in [-0.2, -0.15) is 0 Å². The van der Waals surface area contributed by atoms with Crippen molar-refractivity contribution in [2.24, 2.45) is 10.7 Å². The van der Waals surface area contributed by atoms with Crippen LogP contribution < -0.4 is 5.73 Å². The first kappa shape index (κ1) is 16.9. The Morgan fingerprint density at radius 1 is 1.17 bits per heavy atom. The average molecular weight is 310 g/mol. The lowest BCUT2D eigenvalue weighted by atomic mass is 9.84. The maximum Gasteiger partial charge on any atom is 0.131 e. The minimum atomic E-state index is -0.675. The first-order valence-corrected chi connectivity index (χ1v) is 7.59. The minimum Gasteiger partial charge on any atom is -0.388 e. The fourth-order valence-corrected chi connectivity index (χ4v) is 2.62. The molecular formula is C20H23FN2. The number of benzene rings is 2. The molecule has 0 bridgehead atoms. The summed E-state index contributed by atoms with van der Waals surface area (Å²) in [6.45, 7) is 11.6. The van der Waals surface area contributed by atoms with Gasteiger partial charge in [0.2, 0.25) is 0 Å². The summed E-state index contributed by atoms with van der Waals surface area (Å²) in [5.74, 6) is 0.216. The summed E-state index contributed by atoms with van der Waals surface area (Å²) >= 11 is 0. The van der Waals surface area contributed by atoms with Crippen LogP contribution in [0.3, 0.4) is 0 Å². The second kappa shape index (κ2) is 6.37. The summed E-state index contributed by atoms with van der Waals surface area (Å²) in [4.78, 5) is 4.53. The number of halogens is 1. The molecule has 0 saturated carbocycles. The molecule has 120 valence electrons. The Kier molecular flexibility index (Phi) is 4.69. The van der Waals surface area contributed by atoms with Crippen LogP contribution in [0.2, 0.25) is 0 Å². The van der Waals surface area contributed by atoms with Gasteiger partial charge in [-0.1, -0.05) is 42.5 Å². The molecule has 0 amide bonds. The van der Waals surface area contributed by atoms with Crippen LogP contribution >= 0.6 is 0 Å². The second-order valence-corrected chi connectivity index (χ2v) is 6.17. The molecule has 0 aromatic heterocycles. The third kappa shape index (κ3) is 3.50. The number of hydrogen-bond donors (Lipinski definition) is 1. The van der Waals surface area contributed by atoms with Crippen molar-refractivity contribution in [2.45, 2.75) is 33.2 Å². The number of amidine groups is 1. The molecule has 0 radical (unpaired) electrons. The van der Waals surface area contributed by atoms with Gasteiger partial charge in [0.1, 0.15) is 11.4 Å². The van der Waals surface area contributed by atoms with E-state index in [0.29, 0.717) is 11.4 Å². The standard InChI is InChI=1S/C20H23FN2/c1-13(2)20(5,23-15(4)22)17-9-10-19(21)18(12-17)16-8-6-7-14(3)11-16/h6-12H,1H2,2-5H3,(H2,22,23). The molecule has 0 aliphatic heterocycles. The topological polar surface area (TPSA) is 38.4 Å². The van der Waals surface area contributed by atoms with E-state index in [1.165, 1.54) is 6.07 Å². The van der Waals surface area contributed by atoms with E-state index in [9.17, 15) is 4.39 Å². The molecule has 2 aromatic rings. The Labute approximate surface area is 137 Å². The third-order valence-electron chi connectivity index (χ3n) is 4.09. The quantitative estimate of drug-likeness (QED) is 0.483. The zero-order valence-electron chi connectivity index (χ0n) is 14.2. The van der Waals surface area contributed by atoms with Gasteiger partial charge in [0, 0.05) is 5.56 Å². The molecule has 0 spiro atoms. The predicted octanol–water partition coefficient (Wildman–Crippen LogP) is 4.97. The predicted molar refractivity (Wildman–Crippen MR) is 96.0 cm³/mol. The van der Waals surface area contributed by atoms with Crippen LogP contribution in [0, 0.1) is 12.7 Å². The van der Waals surface area contributed by atoms with Crippen molar-refractivity contribution >= 4 is 5.84 Å². The Balaban J connectivity index is 2.64. The molecule has 23 heavy (non-hydrogen) atoms. The van der Waals surface area contributed by atoms with Gasteiger partial charge < -0.3 is 5.73 Å². The van der Waals surface area contributed by atoms with Gasteiger partial charge in [0.25, 0.3) is 0 Å². The largest absolute Gasteiger partial charge is 0.388 e. The molecule has 0 saturated heterocycles. The molecule has 0 aliphatic rings. The van der Waals surface area contributed by atoms with E-state index in [0.717, 1.165) is 22.3 Å². The normalized spacial score (nSPS) is 14.4. The molecule has 2 rings (SSSR count). The maximum absolute atomic E-state index is 14.4. The van der Waals surface area contributed by atoms with Crippen LogP contribution in [-0.2, 0) is 5.54 Å². The van der Waals surface area contributed by atoms with Crippen LogP contribution in [0.5, 0.6) is 0 Å². The Morgan fingerprint density at radius 3 is 2.43 bits per heavy atom. The first-order valence-electron chi connectivity index (χ1n) is 7.59. The van der Waals surface area contributed by atoms with Crippen LogP contribution in [-0.4, -0.2) is 5.84 Å².